The van der Waals surface area contributed by atoms with Gasteiger partial charge in [-0.15, -0.1) is 12.6 Å². The van der Waals surface area contributed by atoms with Gasteiger partial charge in [0, 0.05) is 16.9 Å². The Kier molecular flexibility index (Phi) is 6.33. The standard InChI is InChI=1S/C12H15NO7S3/c1-8(23(18,19)20)13-11(14)6-7-22(16,17)12(15)9-4-2-3-5-10(9)21/h2-5,8,21H,6-7H2,1H3,(H,13,14)(H,18,19,20). The second kappa shape index (κ2) is 7.43. The zero-order valence-corrected chi connectivity index (χ0v) is 14.5. The number of carbonyl (C=O) groups excluding carboxylic acids is 2. The molecule has 0 aromatic heterocycles. The van der Waals surface area contributed by atoms with Crippen molar-refractivity contribution in [2.75, 3.05) is 5.75 Å². The molecule has 1 amide bonds. The van der Waals surface area contributed by atoms with Gasteiger partial charge >= 0.3 is 0 Å². The molecule has 23 heavy (non-hydrogen) atoms. The van der Waals surface area contributed by atoms with Crippen molar-refractivity contribution in [3.63, 3.8) is 0 Å². The van der Waals surface area contributed by atoms with Crippen molar-refractivity contribution >= 4 is 43.6 Å². The van der Waals surface area contributed by atoms with Crippen LogP contribution in [0.1, 0.15) is 23.7 Å². The minimum Gasteiger partial charge on any atom is -0.338 e. The topological polar surface area (TPSA) is 135 Å². The molecule has 0 aliphatic heterocycles. The lowest BCUT2D eigenvalue weighted by Crippen LogP contribution is -2.39. The third-order valence-electron chi connectivity index (χ3n) is 2.82. The van der Waals surface area contributed by atoms with E-state index in [4.69, 9.17) is 4.55 Å². The Morgan fingerprint density at radius 1 is 1.22 bits per heavy atom. The maximum absolute atomic E-state index is 12.0. The predicted octanol–water partition coefficient (Wildman–Crippen LogP) is 0.270. The lowest BCUT2D eigenvalue weighted by molar-refractivity contribution is -0.120. The quantitative estimate of drug-likeness (QED) is 0.475. The first-order valence-corrected chi connectivity index (χ1v) is 9.86. The van der Waals surface area contributed by atoms with E-state index in [1.807, 2.05) is 5.32 Å². The average molecular weight is 381 g/mol. The summed E-state index contributed by atoms with van der Waals surface area (Å²) in [6.45, 7) is 1.02. The van der Waals surface area contributed by atoms with Crippen LogP contribution >= 0.6 is 12.6 Å². The van der Waals surface area contributed by atoms with E-state index < -0.39 is 48.5 Å². The van der Waals surface area contributed by atoms with E-state index in [0.29, 0.717) is 0 Å². The Hall–Kier alpha value is -1.43. The highest BCUT2D eigenvalue weighted by Crippen LogP contribution is 2.16. The van der Waals surface area contributed by atoms with Crippen LogP contribution in [0.25, 0.3) is 0 Å². The molecule has 0 aliphatic rings. The van der Waals surface area contributed by atoms with Crippen molar-refractivity contribution in [3.05, 3.63) is 29.8 Å². The second-order valence-corrected chi connectivity index (χ2v) is 8.83. The van der Waals surface area contributed by atoms with Crippen molar-refractivity contribution in [1.29, 1.82) is 0 Å². The molecule has 2 N–H and O–H groups in total. The monoisotopic (exact) mass is 381 g/mol. The molecule has 0 radical (unpaired) electrons. The molecule has 0 heterocycles. The molecule has 11 heteroatoms. The summed E-state index contributed by atoms with van der Waals surface area (Å²) in [6, 6.07) is 5.80. The summed E-state index contributed by atoms with van der Waals surface area (Å²) in [5, 5.41) is -0.830. The van der Waals surface area contributed by atoms with Crippen LogP contribution in [0.3, 0.4) is 0 Å². The largest absolute Gasteiger partial charge is 0.338 e. The molecule has 0 saturated carbocycles. The molecule has 1 aromatic carbocycles. The van der Waals surface area contributed by atoms with E-state index in [0.717, 1.165) is 6.92 Å². The predicted molar refractivity (Wildman–Crippen MR) is 85.6 cm³/mol. The zero-order valence-electron chi connectivity index (χ0n) is 12.0. The second-order valence-electron chi connectivity index (χ2n) is 4.60. The first-order chi connectivity index (χ1) is 10.4. The number of carbonyl (C=O) groups is 2. The molecule has 1 atom stereocenters. The van der Waals surface area contributed by atoms with Crippen LogP contribution in [-0.2, 0) is 24.7 Å². The number of amides is 1. The number of hydrogen-bond donors (Lipinski definition) is 3. The molecule has 0 fully saturated rings. The van der Waals surface area contributed by atoms with Crippen molar-refractivity contribution in [1.82, 2.24) is 5.32 Å². The Morgan fingerprint density at radius 3 is 2.30 bits per heavy atom. The van der Waals surface area contributed by atoms with Gasteiger partial charge in [-0.25, -0.2) is 8.42 Å². The van der Waals surface area contributed by atoms with Crippen LogP contribution in [0.4, 0.5) is 0 Å². The summed E-state index contributed by atoms with van der Waals surface area (Å²) in [7, 11) is -8.74. The fourth-order valence-electron chi connectivity index (χ4n) is 1.51. The van der Waals surface area contributed by atoms with Crippen LogP contribution in [0.15, 0.2) is 29.2 Å². The Bertz CT molecular complexity index is 815. The molecule has 1 aromatic rings. The van der Waals surface area contributed by atoms with E-state index in [1.165, 1.54) is 18.2 Å². The highest BCUT2D eigenvalue weighted by atomic mass is 32.2. The van der Waals surface area contributed by atoms with Gasteiger partial charge in [0.05, 0.1) is 5.75 Å². The number of rotatable bonds is 6. The Labute approximate surface area is 139 Å². The van der Waals surface area contributed by atoms with Crippen molar-refractivity contribution in [2.45, 2.75) is 23.6 Å². The van der Waals surface area contributed by atoms with Crippen molar-refractivity contribution in [3.8, 4) is 0 Å². The van der Waals surface area contributed by atoms with E-state index in [2.05, 4.69) is 12.6 Å². The molecule has 1 rings (SSSR count). The molecular weight excluding hydrogens is 366 g/mol. The molecule has 0 saturated heterocycles. The number of thiol groups is 1. The number of nitrogens with one attached hydrogen (secondary N) is 1. The molecule has 0 bridgehead atoms. The fraction of sp³-hybridized carbons (Fsp3) is 0.333. The molecule has 128 valence electrons. The Morgan fingerprint density at radius 2 is 1.78 bits per heavy atom. The minimum absolute atomic E-state index is 0.109. The lowest BCUT2D eigenvalue weighted by Gasteiger charge is -2.10. The average Bonchev–Trinajstić information content (AvgIpc) is 2.44. The first-order valence-electron chi connectivity index (χ1n) is 6.26. The molecule has 1 unspecified atom stereocenters. The van der Waals surface area contributed by atoms with E-state index >= 15 is 0 Å². The van der Waals surface area contributed by atoms with Gasteiger partial charge in [-0.3, -0.25) is 14.1 Å². The van der Waals surface area contributed by atoms with Gasteiger partial charge in [-0.05, 0) is 19.1 Å². The summed E-state index contributed by atoms with van der Waals surface area (Å²) < 4.78 is 54.1. The SMILES string of the molecule is CC(NC(=O)CCS(=O)(=O)C(=O)c1ccccc1S)S(=O)(=O)O. The maximum atomic E-state index is 12.0. The molecule has 0 spiro atoms. The van der Waals surface area contributed by atoms with Gasteiger partial charge in [0.1, 0.15) is 0 Å². The van der Waals surface area contributed by atoms with Crippen LogP contribution in [0.5, 0.6) is 0 Å². The summed E-state index contributed by atoms with van der Waals surface area (Å²) in [4.78, 5) is 23.7. The van der Waals surface area contributed by atoms with Crippen LogP contribution in [0.2, 0.25) is 0 Å². The summed E-state index contributed by atoms with van der Waals surface area (Å²) in [6.07, 6.45) is -0.622. The summed E-state index contributed by atoms with van der Waals surface area (Å²) in [5.74, 6) is -1.72. The number of benzene rings is 1. The third kappa shape index (κ3) is 5.61. The van der Waals surface area contributed by atoms with E-state index in [-0.39, 0.29) is 10.5 Å². The number of sulfone groups is 1. The molecule has 8 nitrogen and oxygen atoms in total. The third-order valence-corrected chi connectivity index (χ3v) is 5.74. The van der Waals surface area contributed by atoms with Gasteiger partial charge < -0.3 is 5.32 Å². The van der Waals surface area contributed by atoms with Crippen LogP contribution in [-0.4, -0.2) is 43.5 Å². The van der Waals surface area contributed by atoms with Gasteiger partial charge in [0.25, 0.3) is 15.2 Å². The highest BCUT2D eigenvalue weighted by Gasteiger charge is 2.27. The van der Waals surface area contributed by atoms with Gasteiger partial charge in [-0.2, -0.15) is 8.42 Å². The van der Waals surface area contributed by atoms with Gasteiger partial charge in [0.2, 0.25) is 15.7 Å². The Balaban J connectivity index is 2.75. The summed E-state index contributed by atoms with van der Waals surface area (Å²) in [5.41, 5.74) is -0.109. The summed E-state index contributed by atoms with van der Waals surface area (Å²) >= 11 is 4.00. The number of hydrogen-bond acceptors (Lipinski definition) is 7. The van der Waals surface area contributed by atoms with Gasteiger partial charge in [-0.1, -0.05) is 12.1 Å². The first kappa shape index (κ1) is 19.6. The van der Waals surface area contributed by atoms with Crippen molar-refractivity contribution in [2.24, 2.45) is 0 Å². The smallest absolute Gasteiger partial charge is 0.285 e. The molecular formula is C12H15NO7S3. The van der Waals surface area contributed by atoms with E-state index in [1.54, 1.807) is 6.07 Å². The van der Waals surface area contributed by atoms with E-state index in [9.17, 15) is 26.4 Å². The van der Waals surface area contributed by atoms with Crippen LogP contribution < -0.4 is 5.32 Å². The minimum atomic E-state index is -4.48. The van der Waals surface area contributed by atoms with Crippen LogP contribution in [0, 0.1) is 0 Å². The lowest BCUT2D eigenvalue weighted by atomic mass is 10.2. The molecule has 0 aliphatic carbocycles. The fourth-order valence-corrected chi connectivity index (χ4v) is 3.28. The van der Waals surface area contributed by atoms with Gasteiger partial charge in [0.15, 0.2) is 5.37 Å². The highest BCUT2D eigenvalue weighted by molar-refractivity contribution is 8.06. The van der Waals surface area contributed by atoms with Crippen molar-refractivity contribution < 1.29 is 31.0 Å². The maximum Gasteiger partial charge on any atom is 0.285 e. The normalized spacial score (nSPS) is 13.3. The zero-order chi connectivity index (χ0) is 17.8.